The maximum absolute atomic E-state index is 9.71. The molecule has 1 atom stereocenters. The van der Waals surface area contributed by atoms with Gasteiger partial charge in [-0.05, 0) is 6.92 Å². The van der Waals surface area contributed by atoms with Gasteiger partial charge >= 0.3 is 5.97 Å². The minimum Gasteiger partial charge on any atom is -0.477 e. The third-order valence-electron chi connectivity index (χ3n) is 0.536. The van der Waals surface area contributed by atoms with Gasteiger partial charge in [0.1, 0.15) is 0 Å². The topological polar surface area (TPSA) is 66.8 Å². The number of hydrogen-bond donors (Lipinski definition) is 2. The average Bonchev–Trinajstić information content (AvgIpc) is 1.67. The van der Waals surface area contributed by atoms with Crippen molar-refractivity contribution in [1.82, 2.24) is 0 Å². The molecular formula is C4H8NaO4. The molecule has 0 saturated heterocycles. The van der Waals surface area contributed by atoms with Crippen LogP contribution in [-0.2, 0) is 9.53 Å². The van der Waals surface area contributed by atoms with Gasteiger partial charge < -0.3 is 14.9 Å². The number of rotatable bonds is 3. The van der Waals surface area contributed by atoms with Crippen LogP contribution in [0.15, 0.2) is 0 Å². The van der Waals surface area contributed by atoms with E-state index in [0.717, 1.165) is 0 Å². The zero-order chi connectivity index (χ0) is 6.57. The molecule has 0 fully saturated rings. The molecule has 0 bridgehead atoms. The summed E-state index contributed by atoms with van der Waals surface area (Å²) in [6.07, 6.45) is -1.67. The van der Waals surface area contributed by atoms with Gasteiger partial charge in [0.2, 0.25) is 0 Å². The van der Waals surface area contributed by atoms with E-state index in [9.17, 15) is 4.79 Å². The average molecular weight is 143 g/mol. The van der Waals surface area contributed by atoms with Crippen molar-refractivity contribution in [2.75, 3.05) is 6.61 Å². The summed E-state index contributed by atoms with van der Waals surface area (Å²) in [4.78, 5) is 9.71. The molecule has 5 heteroatoms. The van der Waals surface area contributed by atoms with E-state index >= 15 is 0 Å². The molecule has 2 N–H and O–H groups in total. The first kappa shape index (κ1) is 12.1. The first-order valence-electron chi connectivity index (χ1n) is 2.21. The number of aliphatic hydroxyl groups is 1. The van der Waals surface area contributed by atoms with E-state index < -0.39 is 12.3 Å². The molecule has 49 valence electrons. The molecule has 1 unspecified atom stereocenters. The fourth-order valence-corrected chi connectivity index (χ4v) is 0.229. The first-order valence-corrected chi connectivity index (χ1v) is 2.21. The van der Waals surface area contributed by atoms with E-state index in [1.54, 1.807) is 6.92 Å². The van der Waals surface area contributed by atoms with Crippen molar-refractivity contribution in [3.8, 4) is 0 Å². The Morgan fingerprint density at radius 3 is 2.33 bits per heavy atom. The van der Waals surface area contributed by atoms with E-state index in [2.05, 4.69) is 4.74 Å². The fourth-order valence-electron chi connectivity index (χ4n) is 0.229. The third-order valence-corrected chi connectivity index (χ3v) is 0.536. The summed E-state index contributed by atoms with van der Waals surface area (Å²) in [6.45, 7) is 1.81. The minimum atomic E-state index is -1.67. The van der Waals surface area contributed by atoms with Gasteiger partial charge in [0.05, 0.1) is 0 Å². The summed E-state index contributed by atoms with van der Waals surface area (Å²) in [5.74, 6) is -1.35. The van der Waals surface area contributed by atoms with Crippen molar-refractivity contribution in [3.05, 3.63) is 0 Å². The minimum absolute atomic E-state index is 0. The largest absolute Gasteiger partial charge is 0.477 e. The third kappa shape index (κ3) is 6.27. The normalized spacial score (nSPS) is 11.8. The summed E-state index contributed by atoms with van der Waals surface area (Å²) >= 11 is 0. The number of aliphatic carboxylic acids is 1. The molecule has 0 aromatic heterocycles. The molecule has 0 heterocycles. The monoisotopic (exact) mass is 143 g/mol. The second-order valence-electron chi connectivity index (χ2n) is 1.15. The Kier molecular flexibility index (Phi) is 8.75. The molecule has 1 radical (unpaired) electrons. The van der Waals surface area contributed by atoms with Crippen LogP contribution >= 0.6 is 0 Å². The second-order valence-corrected chi connectivity index (χ2v) is 1.15. The van der Waals surface area contributed by atoms with Crippen LogP contribution in [0, 0.1) is 0 Å². The first-order chi connectivity index (χ1) is 3.68. The number of carbonyl (C=O) groups is 1. The Morgan fingerprint density at radius 1 is 1.78 bits per heavy atom. The Hall–Kier alpha value is 0.390. The predicted molar refractivity (Wildman–Crippen MR) is 31.0 cm³/mol. The smallest absolute Gasteiger partial charge is 0.360 e. The van der Waals surface area contributed by atoms with Gasteiger partial charge in [-0.15, -0.1) is 0 Å². The molecule has 9 heavy (non-hydrogen) atoms. The van der Waals surface area contributed by atoms with Crippen molar-refractivity contribution in [3.63, 3.8) is 0 Å². The molecule has 0 amide bonds. The van der Waals surface area contributed by atoms with Gasteiger partial charge in [-0.25, -0.2) is 4.79 Å². The van der Waals surface area contributed by atoms with E-state index in [-0.39, 0.29) is 36.2 Å². The van der Waals surface area contributed by atoms with Crippen LogP contribution < -0.4 is 0 Å². The zero-order valence-electron chi connectivity index (χ0n) is 5.50. The van der Waals surface area contributed by atoms with Gasteiger partial charge in [0.15, 0.2) is 0 Å². The number of carboxylic acids is 1. The molecule has 0 rings (SSSR count). The predicted octanol–water partition coefficient (Wildman–Crippen LogP) is -0.955. The molecule has 0 aromatic carbocycles. The van der Waals surface area contributed by atoms with E-state index in [1.165, 1.54) is 0 Å². The number of hydrogen-bond acceptors (Lipinski definition) is 3. The summed E-state index contributed by atoms with van der Waals surface area (Å²) in [5, 5.41) is 16.2. The van der Waals surface area contributed by atoms with Crippen molar-refractivity contribution in [1.29, 1.82) is 0 Å². The molecule has 0 aliphatic heterocycles. The summed E-state index contributed by atoms with van der Waals surface area (Å²) < 4.78 is 4.26. The van der Waals surface area contributed by atoms with Crippen molar-refractivity contribution in [2.45, 2.75) is 13.2 Å². The van der Waals surface area contributed by atoms with Crippen LogP contribution in [0.1, 0.15) is 6.92 Å². The SMILES string of the molecule is CCOC(O)C(=O)O.[Na]. The summed E-state index contributed by atoms with van der Waals surface area (Å²) in [6, 6.07) is 0. The van der Waals surface area contributed by atoms with Crippen molar-refractivity contribution >= 4 is 35.5 Å². The van der Waals surface area contributed by atoms with E-state index in [1.807, 2.05) is 0 Å². The molecule has 0 aliphatic carbocycles. The van der Waals surface area contributed by atoms with Crippen molar-refractivity contribution < 1.29 is 19.7 Å². The molecule has 0 saturated carbocycles. The van der Waals surface area contributed by atoms with E-state index in [0.29, 0.717) is 0 Å². The zero-order valence-corrected chi connectivity index (χ0v) is 7.50. The summed E-state index contributed by atoms with van der Waals surface area (Å²) in [7, 11) is 0. The van der Waals surface area contributed by atoms with Gasteiger partial charge in [-0.3, -0.25) is 0 Å². The molecular weight excluding hydrogens is 135 g/mol. The van der Waals surface area contributed by atoms with Crippen LogP contribution in [0.2, 0.25) is 0 Å². The van der Waals surface area contributed by atoms with Crippen LogP contribution in [0.5, 0.6) is 0 Å². The number of ether oxygens (including phenoxy) is 1. The van der Waals surface area contributed by atoms with Gasteiger partial charge in [0.25, 0.3) is 6.29 Å². The Morgan fingerprint density at radius 2 is 2.22 bits per heavy atom. The quantitative estimate of drug-likeness (QED) is 0.394. The molecule has 4 nitrogen and oxygen atoms in total. The van der Waals surface area contributed by atoms with Crippen molar-refractivity contribution in [2.24, 2.45) is 0 Å². The molecule has 0 spiro atoms. The van der Waals surface area contributed by atoms with Crippen LogP contribution in [0.3, 0.4) is 0 Å². The Bertz CT molecular complexity index is 84.6. The Labute approximate surface area is 75.1 Å². The number of aliphatic hydroxyl groups excluding tert-OH is 1. The molecule has 0 aromatic rings. The number of carboxylic acid groups (broad SMARTS) is 1. The maximum Gasteiger partial charge on any atom is 0.360 e. The van der Waals surface area contributed by atoms with Gasteiger partial charge in [-0.2, -0.15) is 0 Å². The Balaban J connectivity index is 0. The van der Waals surface area contributed by atoms with E-state index in [4.69, 9.17) is 10.2 Å². The van der Waals surface area contributed by atoms with Crippen LogP contribution in [0.4, 0.5) is 0 Å². The maximum atomic E-state index is 9.71. The van der Waals surface area contributed by atoms with Crippen LogP contribution in [0.25, 0.3) is 0 Å². The fraction of sp³-hybridized carbons (Fsp3) is 0.750. The van der Waals surface area contributed by atoms with Gasteiger partial charge in [-0.1, -0.05) is 0 Å². The van der Waals surface area contributed by atoms with Crippen LogP contribution in [-0.4, -0.2) is 58.6 Å². The standard InChI is InChI=1S/C4H8O4.Na/c1-2-8-4(7)3(5)6;/h4,7H,2H2,1H3,(H,5,6);. The summed E-state index contributed by atoms with van der Waals surface area (Å²) in [5.41, 5.74) is 0. The molecule has 0 aliphatic rings. The second kappa shape index (κ2) is 6.51. The van der Waals surface area contributed by atoms with Gasteiger partial charge in [0, 0.05) is 36.2 Å².